The SMILES string of the molecule is C/C=C\C=C(/C)c1cc(C)ccc1-c1ccccc1. The first kappa shape index (κ1) is 13.4. The van der Waals surface area contributed by atoms with E-state index in [0.717, 1.165) is 0 Å². The molecule has 0 amide bonds. The average Bonchev–Trinajstić information content (AvgIpc) is 2.45. The first-order valence-electron chi connectivity index (χ1n) is 6.68. The number of hydrogen-bond donors (Lipinski definition) is 0. The van der Waals surface area contributed by atoms with Crippen LogP contribution in [0.25, 0.3) is 16.7 Å². The van der Waals surface area contributed by atoms with E-state index in [2.05, 4.69) is 80.6 Å². The fraction of sp³-hybridized carbons (Fsp3) is 0.158. The second-order valence-corrected chi connectivity index (χ2v) is 4.79. The van der Waals surface area contributed by atoms with Crippen LogP contribution >= 0.6 is 0 Å². The van der Waals surface area contributed by atoms with E-state index in [1.54, 1.807) is 0 Å². The molecule has 0 atom stereocenters. The van der Waals surface area contributed by atoms with E-state index in [1.807, 2.05) is 6.92 Å². The molecule has 0 aliphatic heterocycles. The predicted octanol–water partition coefficient (Wildman–Crippen LogP) is 5.64. The van der Waals surface area contributed by atoms with Crippen LogP contribution in [-0.4, -0.2) is 0 Å². The molecule has 0 N–H and O–H groups in total. The van der Waals surface area contributed by atoms with Crippen LogP contribution in [0.3, 0.4) is 0 Å². The molecule has 0 aliphatic carbocycles. The molecule has 0 bridgehead atoms. The summed E-state index contributed by atoms with van der Waals surface area (Å²) in [5.74, 6) is 0. The fourth-order valence-electron chi connectivity index (χ4n) is 2.18. The van der Waals surface area contributed by atoms with Crippen molar-refractivity contribution in [2.75, 3.05) is 0 Å². The van der Waals surface area contributed by atoms with Gasteiger partial charge in [-0.3, -0.25) is 0 Å². The van der Waals surface area contributed by atoms with Crippen molar-refractivity contribution in [2.24, 2.45) is 0 Å². The largest absolute Gasteiger partial charge is 0.0877 e. The molecule has 0 aromatic heterocycles. The fourth-order valence-corrected chi connectivity index (χ4v) is 2.18. The van der Waals surface area contributed by atoms with E-state index >= 15 is 0 Å². The molecule has 0 heteroatoms. The van der Waals surface area contributed by atoms with Gasteiger partial charge in [0.2, 0.25) is 0 Å². The first-order valence-corrected chi connectivity index (χ1v) is 6.68. The molecule has 2 aromatic carbocycles. The second-order valence-electron chi connectivity index (χ2n) is 4.79. The third-order valence-electron chi connectivity index (χ3n) is 3.22. The normalized spacial score (nSPS) is 12.1. The van der Waals surface area contributed by atoms with Gasteiger partial charge in [0.15, 0.2) is 0 Å². The highest BCUT2D eigenvalue weighted by Gasteiger charge is 2.06. The van der Waals surface area contributed by atoms with E-state index < -0.39 is 0 Å². The zero-order valence-corrected chi connectivity index (χ0v) is 11.9. The molecule has 2 aromatic rings. The standard InChI is InChI=1S/C19H20/c1-4-5-9-16(3)19-14-15(2)12-13-18(19)17-10-7-6-8-11-17/h4-14H,1-3H3/b5-4-,16-9+. The maximum absolute atomic E-state index is 2.26. The topological polar surface area (TPSA) is 0 Å². The third kappa shape index (κ3) is 3.23. The molecule has 0 heterocycles. The van der Waals surface area contributed by atoms with Crippen molar-refractivity contribution in [1.82, 2.24) is 0 Å². The number of hydrogen-bond acceptors (Lipinski definition) is 0. The molecular weight excluding hydrogens is 228 g/mol. The van der Waals surface area contributed by atoms with Gasteiger partial charge in [0.05, 0.1) is 0 Å². The molecular formula is C19H20. The average molecular weight is 248 g/mol. The van der Waals surface area contributed by atoms with Gasteiger partial charge in [-0.25, -0.2) is 0 Å². The van der Waals surface area contributed by atoms with E-state index in [4.69, 9.17) is 0 Å². The molecule has 96 valence electrons. The lowest BCUT2D eigenvalue weighted by Crippen LogP contribution is -1.88. The minimum absolute atomic E-state index is 1.27. The van der Waals surface area contributed by atoms with Gasteiger partial charge in [0, 0.05) is 0 Å². The smallest absolute Gasteiger partial charge is 0.0109 e. The summed E-state index contributed by atoms with van der Waals surface area (Å²) in [7, 11) is 0. The Morgan fingerprint density at radius 2 is 1.74 bits per heavy atom. The minimum atomic E-state index is 1.27. The van der Waals surface area contributed by atoms with Crippen molar-refractivity contribution in [2.45, 2.75) is 20.8 Å². The lowest BCUT2D eigenvalue weighted by Gasteiger charge is -2.11. The van der Waals surface area contributed by atoms with Gasteiger partial charge in [-0.15, -0.1) is 0 Å². The summed E-state index contributed by atoms with van der Waals surface area (Å²) in [5, 5.41) is 0. The molecule has 0 nitrogen and oxygen atoms in total. The molecule has 0 aliphatic rings. The summed E-state index contributed by atoms with van der Waals surface area (Å²) < 4.78 is 0. The van der Waals surface area contributed by atoms with E-state index in [1.165, 1.54) is 27.8 Å². The number of allylic oxidation sites excluding steroid dienone is 4. The summed E-state index contributed by atoms with van der Waals surface area (Å²) in [6.07, 6.45) is 6.31. The predicted molar refractivity (Wildman–Crippen MR) is 85.1 cm³/mol. The van der Waals surface area contributed by atoms with Crippen LogP contribution in [0.15, 0.2) is 66.8 Å². The maximum Gasteiger partial charge on any atom is -0.0109 e. The van der Waals surface area contributed by atoms with Crippen LogP contribution in [0.4, 0.5) is 0 Å². The van der Waals surface area contributed by atoms with Gasteiger partial charge in [-0.1, -0.05) is 72.3 Å². The van der Waals surface area contributed by atoms with Crippen molar-refractivity contribution in [1.29, 1.82) is 0 Å². The van der Waals surface area contributed by atoms with Crippen molar-refractivity contribution < 1.29 is 0 Å². The van der Waals surface area contributed by atoms with E-state index in [9.17, 15) is 0 Å². The summed E-state index contributed by atoms with van der Waals surface area (Å²) >= 11 is 0. The van der Waals surface area contributed by atoms with E-state index in [0.29, 0.717) is 0 Å². The lowest BCUT2D eigenvalue weighted by atomic mass is 9.93. The summed E-state index contributed by atoms with van der Waals surface area (Å²) in [4.78, 5) is 0. The Bertz CT molecular complexity index is 601. The minimum Gasteiger partial charge on any atom is -0.0877 e. The maximum atomic E-state index is 2.26. The Hall–Kier alpha value is -2.08. The van der Waals surface area contributed by atoms with Crippen LogP contribution in [-0.2, 0) is 0 Å². The number of aryl methyl sites for hydroxylation is 1. The first-order chi connectivity index (χ1) is 9.22. The quantitative estimate of drug-likeness (QED) is 0.616. The van der Waals surface area contributed by atoms with Crippen molar-refractivity contribution in [3.05, 3.63) is 77.9 Å². The Morgan fingerprint density at radius 1 is 1.00 bits per heavy atom. The van der Waals surface area contributed by atoms with Crippen LogP contribution in [0.5, 0.6) is 0 Å². The lowest BCUT2D eigenvalue weighted by molar-refractivity contribution is 1.43. The van der Waals surface area contributed by atoms with Gasteiger partial charge in [-0.05, 0) is 43.0 Å². The Labute approximate surface area is 116 Å². The highest BCUT2D eigenvalue weighted by molar-refractivity contribution is 5.81. The van der Waals surface area contributed by atoms with Gasteiger partial charge < -0.3 is 0 Å². The molecule has 0 unspecified atom stereocenters. The second kappa shape index (κ2) is 6.19. The zero-order chi connectivity index (χ0) is 13.7. The molecule has 2 rings (SSSR count). The molecule has 0 fully saturated rings. The highest BCUT2D eigenvalue weighted by Crippen LogP contribution is 2.29. The molecule has 0 radical (unpaired) electrons. The number of benzene rings is 2. The third-order valence-corrected chi connectivity index (χ3v) is 3.22. The summed E-state index contributed by atoms with van der Waals surface area (Å²) in [6, 6.07) is 17.2. The van der Waals surface area contributed by atoms with E-state index in [-0.39, 0.29) is 0 Å². The van der Waals surface area contributed by atoms with Crippen LogP contribution in [0.2, 0.25) is 0 Å². The van der Waals surface area contributed by atoms with Crippen LogP contribution < -0.4 is 0 Å². The molecule has 0 saturated heterocycles. The number of rotatable bonds is 3. The monoisotopic (exact) mass is 248 g/mol. The molecule has 19 heavy (non-hydrogen) atoms. The van der Waals surface area contributed by atoms with Crippen LogP contribution in [0, 0.1) is 6.92 Å². The Morgan fingerprint density at radius 3 is 2.42 bits per heavy atom. The van der Waals surface area contributed by atoms with Crippen molar-refractivity contribution >= 4 is 5.57 Å². The highest BCUT2D eigenvalue weighted by atomic mass is 14.1. The molecule has 0 spiro atoms. The Balaban J connectivity index is 2.56. The van der Waals surface area contributed by atoms with Gasteiger partial charge in [0.1, 0.15) is 0 Å². The van der Waals surface area contributed by atoms with Crippen molar-refractivity contribution in [3.63, 3.8) is 0 Å². The summed E-state index contributed by atoms with van der Waals surface area (Å²) in [6.45, 7) is 6.35. The molecule has 0 saturated carbocycles. The zero-order valence-electron chi connectivity index (χ0n) is 11.9. The summed E-state index contributed by atoms with van der Waals surface area (Å²) in [5.41, 5.74) is 6.46. The van der Waals surface area contributed by atoms with Crippen molar-refractivity contribution in [3.8, 4) is 11.1 Å². The Kier molecular flexibility index (Phi) is 4.35. The van der Waals surface area contributed by atoms with Gasteiger partial charge in [-0.2, -0.15) is 0 Å². The van der Waals surface area contributed by atoms with Gasteiger partial charge in [0.25, 0.3) is 0 Å². The van der Waals surface area contributed by atoms with Crippen LogP contribution in [0.1, 0.15) is 25.0 Å². The van der Waals surface area contributed by atoms with Gasteiger partial charge >= 0.3 is 0 Å².